The van der Waals surface area contributed by atoms with E-state index in [2.05, 4.69) is 5.32 Å². The molecule has 2 aromatic carbocycles. The first-order valence-electron chi connectivity index (χ1n) is 9.76. The van der Waals surface area contributed by atoms with Gasteiger partial charge in [-0.2, -0.15) is 0 Å². The number of sulfonamides is 1. The van der Waals surface area contributed by atoms with Crippen molar-refractivity contribution in [1.82, 2.24) is 5.32 Å². The molecule has 1 aliphatic heterocycles. The summed E-state index contributed by atoms with van der Waals surface area (Å²) in [6.45, 7) is 0.761. The molecule has 1 heterocycles. The van der Waals surface area contributed by atoms with Crippen molar-refractivity contribution >= 4 is 33.2 Å². The molecule has 3 N–H and O–H groups in total. The first-order chi connectivity index (χ1) is 13.8. The number of rotatable bonds is 5. The number of primary sulfonamides is 1. The zero-order chi connectivity index (χ0) is 20.6. The summed E-state index contributed by atoms with van der Waals surface area (Å²) in [5.74, 6) is -0.0210. The lowest BCUT2D eigenvalue weighted by molar-refractivity contribution is -0.118. The number of hydrogen-bond donors (Lipinski definition) is 2. The minimum Gasteiger partial charge on any atom is -0.311 e. The van der Waals surface area contributed by atoms with Crippen molar-refractivity contribution in [3.63, 3.8) is 0 Å². The molecule has 0 aromatic heterocycles. The Morgan fingerprint density at radius 1 is 1.14 bits per heavy atom. The molecule has 1 aliphatic carbocycles. The largest absolute Gasteiger partial charge is 0.311 e. The Bertz CT molecular complexity index is 1030. The van der Waals surface area contributed by atoms with Gasteiger partial charge in [0.2, 0.25) is 15.9 Å². The second kappa shape index (κ2) is 7.72. The maximum absolute atomic E-state index is 13.0. The summed E-state index contributed by atoms with van der Waals surface area (Å²) in [4.78, 5) is 14.8. The maximum Gasteiger partial charge on any atom is 0.240 e. The van der Waals surface area contributed by atoms with Gasteiger partial charge in [-0.25, -0.2) is 13.6 Å². The molecular weight excluding hydrogens is 410 g/mol. The topological polar surface area (TPSA) is 92.5 Å². The molecule has 8 heteroatoms. The summed E-state index contributed by atoms with van der Waals surface area (Å²) in [5.41, 5.74) is 2.54. The minimum atomic E-state index is -3.75. The van der Waals surface area contributed by atoms with E-state index in [-0.39, 0.29) is 22.9 Å². The van der Waals surface area contributed by atoms with Crippen molar-refractivity contribution in [2.24, 2.45) is 5.14 Å². The van der Waals surface area contributed by atoms with Gasteiger partial charge in [-0.1, -0.05) is 36.6 Å². The molecule has 0 saturated heterocycles. The summed E-state index contributed by atoms with van der Waals surface area (Å²) >= 11 is 6.04. The molecule has 0 radical (unpaired) electrons. The van der Waals surface area contributed by atoms with Crippen molar-refractivity contribution in [2.75, 3.05) is 18.0 Å². The SMILES string of the molecule is NS(=O)(=O)c1ccc2c(c1)CCN2C(=O)CNC1(c2ccc(Cl)cc2)CCCC1. The Morgan fingerprint density at radius 3 is 2.48 bits per heavy atom. The Labute approximate surface area is 176 Å². The van der Waals surface area contributed by atoms with Crippen molar-refractivity contribution in [2.45, 2.75) is 42.5 Å². The Morgan fingerprint density at radius 2 is 1.83 bits per heavy atom. The third-order valence-corrected chi connectivity index (χ3v) is 7.17. The van der Waals surface area contributed by atoms with E-state index in [0.29, 0.717) is 18.0 Å². The van der Waals surface area contributed by atoms with Crippen LogP contribution in [0.4, 0.5) is 5.69 Å². The molecule has 2 aromatic rings. The fourth-order valence-electron chi connectivity index (χ4n) is 4.47. The van der Waals surface area contributed by atoms with Crippen LogP contribution in [0, 0.1) is 0 Å². The smallest absolute Gasteiger partial charge is 0.240 e. The second-order valence-electron chi connectivity index (χ2n) is 7.78. The van der Waals surface area contributed by atoms with Crippen molar-refractivity contribution < 1.29 is 13.2 Å². The van der Waals surface area contributed by atoms with Crippen LogP contribution < -0.4 is 15.4 Å². The van der Waals surface area contributed by atoms with E-state index in [1.807, 2.05) is 24.3 Å². The summed E-state index contributed by atoms with van der Waals surface area (Å²) in [6.07, 6.45) is 4.82. The van der Waals surface area contributed by atoms with Gasteiger partial charge in [0.05, 0.1) is 11.4 Å². The minimum absolute atomic E-state index is 0.0210. The highest BCUT2D eigenvalue weighted by Crippen LogP contribution is 2.39. The lowest BCUT2D eigenvalue weighted by atomic mass is 9.88. The van der Waals surface area contributed by atoms with E-state index in [4.69, 9.17) is 16.7 Å². The molecule has 0 bridgehead atoms. The Kier molecular flexibility index (Phi) is 5.42. The first-order valence-corrected chi connectivity index (χ1v) is 11.7. The maximum atomic E-state index is 13.0. The van der Waals surface area contributed by atoms with E-state index in [1.54, 1.807) is 17.0 Å². The van der Waals surface area contributed by atoms with Crippen LogP contribution >= 0.6 is 11.6 Å². The molecule has 0 spiro atoms. The number of nitrogens with one attached hydrogen (secondary N) is 1. The van der Waals surface area contributed by atoms with Gasteiger partial charge < -0.3 is 4.90 Å². The molecule has 6 nitrogen and oxygen atoms in total. The monoisotopic (exact) mass is 433 g/mol. The zero-order valence-electron chi connectivity index (χ0n) is 16.0. The van der Waals surface area contributed by atoms with Gasteiger partial charge in [-0.05, 0) is 60.7 Å². The van der Waals surface area contributed by atoms with Gasteiger partial charge in [-0.15, -0.1) is 0 Å². The van der Waals surface area contributed by atoms with Gasteiger partial charge in [0.15, 0.2) is 0 Å². The van der Waals surface area contributed by atoms with Crippen LogP contribution in [0.15, 0.2) is 47.4 Å². The van der Waals surface area contributed by atoms with Gasteiger partial charge >= 0.3 is 0 Å². The highest BCUT2D eigenvalue weighted by Gasteiger charge is 2.36. The lowest BCUT2D eigenvalue weighted by Crippen LogP contribution is -2.46. The molecule has 154 valence electrons. The zero-order valence-corrected chi connectivity index (χ0v) is 17.6. The summed E-state index contributed by atoms with van der Waals surface area (Å²) in [5, 5.41) is 9.44. The standard InChI is InChI=1S/C21H24ClN3O3S/c22-17-5-3-16(4-6-17)21(10-1-2-11-21)24-14-20(26)25-12-9-15-13-18(29(23,27)28)7-8-19(15)25/h3-8,13,24H,1-2,9-12,14H2,(H2,23,27,28). The number of fused-ring (bicyclic) bond motifs is 1. The van der Waals surface area contributed by atoms with Crippen LogP contribution in [-0.4, -0.2) is 27.4 Å². The first kappa shape index (κ1) is 20.3. The molecule has 0 unspecified atom stereocenters. The Balaban J connectivity index is 1.50. The van der Waals surface area contributed by atoms with Crippen LogP contribution in [-0.2, 0) is 26.8 Å². The number of hydrogen-bond acceptors (Lipinski definition) is 4. The van der Waals surface area contributed by atoms with Crippen LogP contribution in [0.25, 0.3) is 0 Å². The van der Waals surface area contributed by atoms with Crippen molar-refractivity contribution in [3.05, 3.63) is 58.6 Å². The van der Waals surface area contributed by atoms with Crippen LogP contribution in [0.3, 0.4) is 0 Å². The van der Waals surface area contributed by atoms with E-state index < -0.39 is 10.0 Å². The average Bonchev–Trinajstić information content (AvgIpc) is 3.33. The van der Waals surface area contributed by atoms with Gasteiger partial charge in [0.1, 0.15) is 0 Å². The fourth-order valence-corrected chi connectivity index (χ4v) is 5.16. The van der Waals surface area contributed by atoms with Crippen LogP contribution in [0.2, 0.25) is 5.02 Å². The van der Waals surface area contributed by atoms with E-state index in [0.717, 1.165) is 42.5 Å². The van der Waals surface area contributed by atoms with Crippen LogP contribution in [0.1, 0.15) is 36.8 Å². The second-order valence-corrected chi connectivity index (χ2v) is 9.78. The van der Waals surface area contributed by atoms with Crippen LogP contribution in [0.5, 0.6) is 0 Å². The van der Waals surface area contributed by atoms with E-state index in [9.17, 15) is 13.2 Å². The molecule has 1 amide bonds. The average molecular weight is 434 g/mol. The fraction of sp³-hybridized carbons (Fsp3) is 0.381. The lowest BCUT2D eigenvalue weighted by Gasteiger charge is -2.32. The normalized spacial score (nSPS) is 18.1. The predicted octanol–water partition coefficient (Wildman–Crippen LogP) is 2.94. The molecule has 1 fully saturated rings. The van der Waals surface area contributed by atoms with Gasteiger partial charge in [0.25, 0.3) is 0 Å². The van der Waals surface area contributed by atoms with Crippen molar-refractivity contribution in [1.29, 1.82) is 0 Å². The van der Waals surface area contributed by atoms with E-state index in [1.165, 1.54) is 6.07 Å². The summed E-state index contributed by atoms with van der Waals surface area (Å²) < 4.78 is 23.1. The van der Waals surface area contributed by atoms with Gasteiger partial charge in [0, 0.05) is 22.8 Å². The number of benzene rings is 2. The summed E-state index contributed by atoms with van der Waals surface area (Å²) in [6, 6.07) is 12.5. The number of amides is 1. The number of nitrogens with zero attached hydrogens (tertiary/aromatic N) is 1. The van der Waals surface area contributed by atoms with E-state index >= 15 is 0 Å². The number of halogens is 1. The molecule has 2 aliphatic rings. The molecule has 0 atom stereocenters. The molecule has 29 heavy (non-hydrogen) atoms. The third-order valence-electron chi connectivity index (χ3n) is 6.01. The number of carbonyl (C=O) groups excluding carboxylic acids is 1. The highest BCUT2D eigenvalue weighted by molar-refractivity contribution is 7.89. The highest BCUT2D eigenvalue weighted by atomic mass is 35.5. The number of nitrogens with two attached hydrogens (primary N) is 1. The number of carbonyl (C=O) groups is 1. The molecule has 4 rings (SSSR count). The number of anilines is 1. The van der Waals surface area contributed by atoms with Gasteiger partial charge in [-0.3, -0.25) is 10.1 Å². The van der Waals surface area contributed by atoms with Crippen molar-refractivity contribution in [3.8, 4) is 0 Å². The molecular formula is C21H24ClN3O3S. The molecule has 1 saturated carbocycles. The Hall–Kier alpha value is -1.93. The quantitative estimate of drug-likeness (QED) is 0.758. The predicted molar refractivity (Wildman–Crippen MR) is 113 cm³/mol. The third kappa shape index (κ3) is 4.05. The summed E-state index contributed by atoms with van der Waals surface area (Å²) in [7, 11) is -3.75.